The number of hydrogen-bond acceptors (Lipinski definition) is 6. The van der Waals surface area contributed by atoms with Crippen molar-refractivity contribution in [1.29, 1.82) is 0 Å². The summed E-state index contributed by atoms with van der Waals surface area (Å²) < 4.78 is 51.5. The quantitative estimate of drug-likeness (QED) is 0.291. The second-order valence-corrected chi connectivity index (χ2v) is 11.5. The Bertz CT molecular complexity index is 1210. The van der Waals surface area contributed by atoms with Gasteiger partial charge in [0.2, 0.25) is 5.91 Å². The first-order valence-electron chi connectivity index (χ1n) is 14.9. The summed E-state index contributed by atoms with van der Waals surface area (Å²) in [6, 6.07) is 14.9. The highest BCUT2D eigenvalue weighted by molar-refractivity contribution is 5.95. The Morgan fingerprint density at radius 3 is 2.30 bits per heavy atom. The second kappa shape index (κ2) is 14.9. The molecule has 0 unspecified atom stereocenters. The summed E-state index contributed by atoms with van der Waals surface area (Å²) in [6.45, 7) is 6.09. The topological polar surface area (TPSA) is 80.3 Å². The molecule has 0 radical (unpaired) electrons. The smallest absolute Gasteiger partial charge is 0.493 e. The number of rotatable bonds is 15. The zero-order valence-electron chi connectivity index (χ0n) is 25.1. The molecule has 4 rings (SSSR count). The van der Waals surface area contributed by atoms with Crippen LogP contribution in [0.15, 0.2) is 48.5 Å². The van der Waals surface area contributed by atoms with Crippen molar-refractivity contribution >= 4 is 11.8 Å². The molecule has 11 heteroatoms. The van der Waals surface area contributed by atoms with Crippen LogP contribution in [0.3, 0.4) is 0 Å². The van der Waals surface area contributed by atoms with Gasteiger partial charge in [0, 0.05) is 50.2 Å². The van der Waals surface area contributed by atoms with Gasteiger partial charge in [-0.25, -0.2) is 0 Å². The fraction of sp³-hybridized carbons (Fsp3) is 0.562. The Kier molecular flexibility index (Phi) is 11.3. The minimum Gasteiger partial charge on any atom is -0.493 e. The highest BCUT2D eigenvalue weighted by atomic mass is 19.4. The van der Waals surface area contributed by atoms with Gasteiger partial charge in [0.1, 0.15) is 0 Å². The van der Waals surface area contributed by atoms with Gasteiger partial charge in [0.05, 0.1) is 26.7 Å². The van der Waals surface area contributed by atoms with E-state index < -0.39 is 13.0 Å². The number of nitrogens with one attached hydrogen (secondary N) is 1. The van der Waals surface area contributed by atoms with Gasteiger partial charge in [-0.2, -0.15) is 0 Å². The molecule has 1 heterocycles. The van der Waals surface area contributed by atoms with Gasteiger partial charge in [0.15, 0.2) is 11.5 Å². The van der Waals surface area contributed by atoms with E-state index in [-0.39, 0.29) is 54.5 Å². The van der Waals surface area contributed by atoms with E-state index in [1.54, 1.807) is 18.2 Å². The van der Waals surface area contributed by atoms with Crippen LogP contribution < -0.4 is 14.8 Å². The van der Waals surface area contributed by atoms with Crippen molar-refractivity contribution in [3.8, 4) is 11.5 Å². The van der Waals surface area contributed by atoms with Crippen molar-refractivity contribution in [3.63, 3.8) is 0 Å². The molecular weight excluding hydrogens is 563 g/mol. The molecule has 2 atom stereocenters. The molecule has 2 aliphatic rings. The standard InChI is InChI=1S/C32H42F3N3O5/c1-22(2)37(31(40)24-10-13-28(41-3)29(17-24)42-14-7-15-43-32(33,34)35)20-25-18-36-19-26(25)21-38(27-11-12-27)30(39)16-23-8-5-4-6-9-23/h4-6,8-10,13,17,22,25-27,36H,7,11-12,14-16,18-21H2,1-3H3/t25-,26-/m0/s1. The van der Waals surface area contributed by atoms with Crippen molar-refractivity contribution in [2.45, 2.75) is 58.0 Å². The first kappa shape index (κ1) is 32.6. The summed E-state index contributed by atoms with van der Waals surface area (Å²) in [5, 5.41) is 3.47. The number of methoxy groups -OCH3 is 1. The summed E-state index contributed by atoms with van der Waals surface area (Å²) in [5.74, 6) is 1.01. The third kappa shape index (κ3) is 9.59. The largest absolute Gasteiger partial charge is 0.522 e. The summed E-state index contributed by atoms with van der Waals surface area (Å²) >= 11 is 0. The maximum absolute atomic E-state index is 13.8. The van der Waals surface area contributed by atoms with Gasteiger partial charge < -0.3 is 24.6 Å². The van der Waals surface area contributed by atoms with Crippen molar-refractivity contribution in [1.82, 2.24) is 15.1 Å². The van der Waals surface area contributed by atoms with E-state index in [0.29, 0.717) is 30.8 Å². The highest BCUT2D eigenvalue weighted by Crippen LogP contribution is 2.32. The molecule has 1 saturated carbocycles. The highest BCUT2D eigenvalue weighted by Gasteiger charge is 2.38. The van der Waals surface area contributed by atoms with E-state index in [2.05, 4.69) is 10.1 Å². The van der Waals surface area contributed by atoms with Gasteiger partial charge >= 0.3 is 6.36 Å². The van der Waals surface area contributed by atoms with Crippen molar-refractivity contribution in [2.24, 2.45) is 11.8 Å². The lowest BCUT2D eigenvalue weighted by atomic mass is 9.93. The number of halogens is 3. The molecule has 0 aromatic heterocycles. The predicted octanol–water partition coefficient (Wildman–Crippen LogP) is 4.92. The number of amides is 2. The molecule has 1 aliphatic carbocycles. The first-order valence-corrected chi connectivity index (χ1v) is 14.9. The lowest BCUT2D eigenvalue weighted by Gasteiger charge is -2.34. The van der Waals surface area contributed by atoms with Gasteiger partial charge in [-0.3, -0.25) is 14.3 Å². The number of carbonyl (C=O) groups excluding carboxylic acids is 2. The maximum atomic E-state index is 13.8. The molecule has 0 bridgehead atoms. The van der Waals surface area contributed by atoms with Crippen LogP contribution in [0.25, 0.3) is 0 Å². The summed E-state index contributed by atoms with van der Waals surface area (Å²) in [5.41, 5.74) is 1.41. The molecule has 2 aromatic rings. The van der Waals surface area contributed by atoms with Crippen LogP contribution in [0.5, 0.6) is 11.5 Å². The van der Waals surface area contributed by atoms with Crippen LogP contribution in [0.1, 0.15) is 49.0 Å². The van der Waals surface area contributed by atoms with Crippen LogP contribution in [-0.2, 0) is 16.0 Å². The molecule has 2 aromatic carbocycles. The number of carbonyl (C=O) groups is 2. The first-order chi connectivity index (χ1) is 20.6. The Balaban J connectivity index is 1.40. The fourth-order valence-electron chi connectivity index (χ4n) is 5.48. The number of benzene rings is 2. The number of alkyl halides is 3. The molecule has 1 aliphatic heterocycles. The summed E-state index contributed by atoms with van der Waals surface area (Å²) in [4.78, 5) is 31.0. The van der Waals surface area contributed by atoms with Gasteiger partial charge in [0.25, 0.3) is 5.91 Å². The Morgan fingerprint density at radius 1 is 0.977 bits per heavy atom. The normalized spacial score (nSPS) is 18.5. The van der Waals surface area contributed by atoms with E-state index in [1.807, 2.05) is 54.0 Å². The van der Waals surface area contributed by atoms with Crippen LogP contribution in [-0.4, -0.2) is 86.6 Å². The minimum atomic E-state index is -4.69. The number of nitrogens with zero attached hydrogens (tertiary/aromatic N) is 2. The minimum absolute atomic E-state index is 0.0146. The SMILES string of the molecule is COc1ccc(C(=O)N(C[C@@H]2CNC[C@H]2CN(C(=O)Cc2ccccc2)C2CC2)C(C)C)cc1OCCCOC(F)(F)F. The average molecular weight is 606 g/mol. The zero-order valence-corrected chi connectivity index (χ0v) is 25.1. The maximum Gasteiger partial charge on any atom is 0.522 e. The van der Waals surface area contributed by atoms with Crippen LogP contribution in [0.4, 0.5) is 13.2 Å². The van der Waals surface area contributed by atoms with Gasteiger partial charge in [-0.1, -0.05) is 30.3 Å². The molecule has 0 spiro atoms. The Hall–Kier alpha value is -3.31. The third-order valence-electron chi connectivity index (χ3n) is 7.96. The molecule has 43 heavy (non-hydrogen) atoms. The van der Waals surface area contributed by atoms with E-state index >= 15 is 0 Å². The molecule has 236 valence electrons. The predicted molar refractivity (Wildman–Crippen MR) is 156 cm³/mol. The zero-order chi connectivity index (χ0) is 31.0. The molecule has 2 amide bonds. The number of hydrogen-bond donors (Lipinski definition) is 1. The monoisotopic (exact) mass is 605 g/mol. The van der Waals surface area contributed by atoms with E-state index in [0.717, 1.165) is 31.5 Å². The van der Waals surface area contributed by atoms with Crippen molar-refractivity contribution < 1.29 is 37.0 Å². The van der Waals surface area contributed by atoms with Crippen molar-refractivity contribution in [2.75, 3.05) is 46.5 Å². The van der Waals surface area contributed by atoms with Crippen LogP contribution >= 0.6 is 0 Å². The average Bonchev–Trinajstić information content (AvgIpc) is 3.72. The molecule has 1 N–H and O–H groups in total. The van der Waals surface area contributed by atoms with E-state index in [4.69, 9.17) is 9.47 Å². The van der Waals surface area contributed by atoms with Gasteiger partial charge in [-0.05, 0) is 62.3 Å². The molecule has 1 saturated heterocycles. The summed E-state index contributed by atoms with van der Waals surface area (Å²) in [7, 11) is 1.46. The third-order valence-corrected chi connectivity index (χ3v) is 7.96. The fourth-order valence-corrected chi connectivity index (χ4v) is 5.48. The van der Waals surface area contributed by atoms with E-state index in [9.17, 15) is 22.8 Å². The molecule has 8 nitrogen and oxygen atoms in total. The summed E-state index contributed by atoms with van der Waals surface area (Å²) in [6.07, 6.45) is -2.23. The lowest BCUT2D eigenvalue weighted by molar-refractivity contribution is -0.324. The van der Waals surface area contributed by atoms with Crippen LogP contribution in [0, 0.1) is 11.8 Å². The second-order valence-electron chi connectivity index (χ2n) is 11.5. The van der Waals surface area contributed by atoms with Crippen LogP contribution in [0.2, 0.25) is 0 Å². The molecular formula is C32H42F3N3O5. The Labute approximate surface area is 251 Å². The number of ether oxygens (including phenoxy) is 3. The van der Waals surface area contributed by atoms with Crippen molar-refractivity contribution in [3.05, 3.63) is 59.7 Å². The molecule has 2 fully saturated rings. The van der Waals surface area contributed by atoms with Gasteiger partial charge in [-0.15, -0.1) is 13.2 Å². The lowest BCUT2D eigenvalue weighted by Crippen LogP contribution is -2.45. The van der Waals surface area contributed by atoms with E-state index in [1.165, 1.54) is 7.11 Å². The Morgan fingerprint density at radius 2 is 1.67 bits per heavy atom.